The number of hydrogen-bond donors (Lipinski definition) is 0. The molecule has 0 spiro atoms. The summed E-state index contributed by atoms with van der Waals surface area (Å²) in [5.41, 5.74) is 1.73. The van der Waals surface area contributed by atoms with Gasteiger partial charge in [-0.1, -0.05) is 41.6 Å². The number of nitrogens with zero attached hydrogens (tertiary/aromatic N) is 1. The molecule has 1 aliphatic rings. The van der Waals surface area contributed by atoms with Gasteiger partial charge in [0.05, 0.1) is 18.9 Å². The van der Waals surface area contributed by atoms with E-state index in [-0.39, 0.29) is 0 Å². The Morgan fingerprint density at radius 2 is 1.83 bits per heavy atom. The van der Waals surface area contributed by atoms with Crippen molar-refractivity contribution in [3.63, 3.8) is 0 Å². The van der Waals surface area contributed by atoms with Gasteiger partial charge in [-0.25, -0.2) is 0 Å². The van der Waals surface area contributed by atoms with Crippen molar-refractivity contribution < 1.29 is 18.5 Å². The quantitative estimate of drug-likeness (QED) is 0.727. The van der Waals surface area contributed by atoms with E-state index in [1.54, 1.807) is 13.8 Å². The van der Waals surface area contributed by atoms with Gasteiger partial charge in [-0.2, -0.15) is 0 Å². The first kappa shape index (κ1) is 16.2. The molecule has 1 atom stereocenters. The molecule has 0 amide bonds. The maximum Gasteiger partial charge on any atom is 0.374 e. The maximum atomic E-state index is 12.8. The Morgan fingerprint density at radius 3 is 2.52 bits per heavy atom. The van der Waals surface area contributed by atoms with Crippen LogP contribution in [0, 0.1) is 0 Å². The van der Waals surface area contributed by atoms with Gasteiger partial charge in [0.2, 0.25) is 5.85 Å². The Labute approximate surface area is 135 Å². The Kier molecular flexibility index (Phi) is 4.81. The largest absolute Gasteiger partial charge is 0.379 e. The van der Waals surface area contributed by atoms with Crippen molar-refractivity contribution in [2.45, 2.75) is 26.1 Å². The van der Waals surface area contributed by atoms with E-state index >= 15 is 0 Å². The van der Waals surface area contributed by atoms with Gasteiger partial charge in [-0.15, -0.1) is 0 Å². The molecule has 23 heavy (non-hydrogen) atoms. The molecule has 0 saturated heterocycles. The van der Waals surface area contributed by atoms with Gasteiger partial charge in [-0.05, 0) is 30.7 Å². The minimum absolute atomic E-state index is 0.308. The topological polar surface area (TPSA) is 57.1 Å². The van der Waals surface area contributed by atoms with Crippen LogP contribution < -0.4 is 0 Å². The normalized spacial score (nSPS) is 18.0. The Hall–Kier alpha value is -1.68. The molecular weight excluding hydrogens is 313 g/mol. The van der Waals surface area contributed by atoms with E-state index < -0.39 is 13.4 Å². The van der Waals surface area contributed by atoms with Crippen LogP contribution in [0.25, 0.3) is 10.8 Å². The van der Waals surface area contributed by atoms with Gasteiger partial charge < -0.3 is 13.9 Å². The summed E-state index contributed by atoms with van der Waals surface area (Å²) in [7, 11) is -3.31. The zero-order valence-electron chi connectivity index (χ0n) is 13.3. The van der Waals surface area contributed by atoms with Gasteiger partial charge in [-0.3, -0.25) is 4.57 Å². The fourth-order valence-electron chi connectivity index (χ4n) is 2.64. The third-order valence-electron chi connectivity index (χ3n) is 3.71. The predicted octanol–water partition coefficient (Wildman–Crippen LogP) is 4.56. The lowest BCUT2D eigenvalue weighted by atomic mass is 10.0. The summed E-state index contributed by atoms with van der Waals surface area (Å²) in [5, 5.41) is 6.41. The molecular formula is C17H20NO4P. The molecule has 3 rings (SSSR count). The summed E-state index contributed by atoms with van der Waals surface area (Å²) in [6.07, 6.45) is 0.412. The van der Waals surface area contributed by atoms with Crippen LogP contribution in [0.5, 0.6) is 0 Å². The number of oxime groups is 1. The van der Waals surface area contributed by atoms with E-state index in [0.29, 0.717) is 19.6 Å². The predicted molar refractivity (Wildman–Crippen MR) is 90.8 cm³/mol. The summed E-state index contributed by atoms with van der Waals surface area (Å²) in [6.45, 7) is 4.18. The lowest BCUT2D eigenvalue weighted by Gasteiger charge is -2.20. The molecule has 6 heteroatoms. The molecule has 0 saturated carbocycles. The minimum Gasteiger partial charge on any atom is -0.379 e. The SMILES string of the molecule is CCOP(=O)(OCC)C1CC(c2ccc3ccccc3c2)=NO1. The van der Waals surface area contributed by atoms with Crippen LogP contribution in [0.2, 0.25) is 0 Å². The van der Waals surface area contributed by atoms with E-state index in [1.807, 2.05) is 24.3 Å². The number of benzene rings is 2. The van der Waals surface area contributed by atoms with Crippen LogP contribution in [0.3, 0.4) is 0 Å². The van der Waals surface area contributed by atoms with E-state index in [4.69, 9.17) is 13.9 Å². The molecule has 0 radical (unpaired) electrons. The molecule has 2 aromatic carbocycles. The minimum atomic E-state index is -3.31. The first-order valence-electron chi connectivity index (χ1n) is 7.77. The molecule has 0 fully saturated rings. The lowest BCUT2D eigenvalue weighted by Crippen LogP contribution is -2.14. The molecule has 0 aromatic heterocycles. The molecule has 1 aliphatic heterocycles. The first-order chi connectivity index (χ1) is 11.2. The van der Waals surface area contributed by atoms with Gasteiger partial charge in [0.25, 0.3) is 0 Å². The average molecular weight is 333 g/mol. The van der Waals surface area contributed by atoms with Crippen molar-refractivity contribution in [1.29, 1.82) is 0 Å². The molecule has 1 unspecified atom stereocenters. The molecule has 0 N–H and O–H groups in total. The molecule has 1 heterocycles. The van der Waals surface area contributed by atoms with Crippen molar-refractivity contribution in [2.24, 2.45) is 5.16 Å². The second-order valence-electron chi connectivity index (χ2n) is 5.24. The molecule has 5 nitrogen and oxygen atoms in total. The summed E-state index contributed by atoms with van der Waals surface area (Å²) in [4.78, 5) is 5.38. The summed E-state index contributed by atoms with van der Waals surface area (Å²) in [5.74, 6) is -0.677. The number of hydrogen-bond acceptors (Lipinski definition) is 5. The molecule has 0 aliphatic carbocycles. The van der Waals surface area contributed by atoms with E-state index in [0.717, 1.165) is 16.7 Å². The van der Waals surface area contributed by atoms with Crippen molar-refractivity contribution in [1.82, 2.24) is 0 Å². The highest BCUT2D eigenvalue weighted by atomic mass is 31.2. The Balaban J connectivity index is 1.81. The van der Waals surface area contributed by atoms with Crippen LogP contribution in [-0.2, 0) is 18.5 Å². The van der Waals surface area contributed by atoms with Crippen LogP contribution >= 0.6 is 7.60 Å². The smallest absolute Gasteiger partial charge is 0.374 e. The molecule has 2 aromatic rings. The third-order valence-corrected chi connectivity index (χ3v) is 5.92. The zero-order valence-corrected chi connectivity index (χ0v) is 14.2. The highest BCUT2D eigenvalue weighted by Gasteiger charge is 2.42. The van der Waals surface area contributed by atoms with Gasteiger partial charge in [0.1, 0.15) is 0 Å². The van der Waals surface area contributed by atoms with Crippen molar-refractivity contribution in [3.05, 3.63) is 48.0 Å². The fourth-order valence-corrected chi connectivity index (χ4v) is 4.32. The highest BCUT2D eigenvalue weighted by Crippen LogP contribution is 2.56. The second-order valence-corrected chi connectivity index (χ2v) is 7.41. The monoisotopic (exact) mass is 333 g/mol. The fraction of sp³-hybridized carbons (Fsp3) is 0.353. The Morgan fingerprint density at radius 1 is 1.13 bits per heavy atom. The summed E-state index contributed by atoms with van der Waals surface area (Å²) < 4.78 is 23.4. The second kappa shape index (κ2) is 6.83. The van der Waals surface area contributed by atoms with Crippen LogP contribution in [0.15, 0.2) is 47.6 Å². The van der Waals surface area contributed by atoms with E-state index in [9.17, 15) is 4.57 Å². The summed E-state index contributed by atoms with van der Waals surface area (Å²) >= 11 is 0. The van der Waals surface area contributed by atoms with E-state index in [1.165, 1.54) is 5.39 Å². The average Bonchev–Trinajstić information content (AvgIpc) is 3.06. The van der Waals surface area contributed by atoms with Gasteiger partial charge in [0, 0.05) is 12.0 Å². The van der Waals surface area contributed by atoms with Crippen LogP contribution in [0.4, 0.5) is 0 Å². The zero-order chi connectivity index (χ0) is 16.3. The van der Waals surface area contributed by atoms with Crippen molar-refractivity contribution in [3.8, 4) is 0 Å². The standard InChI is InChI=1S/C17H20NO4P/c1-3-20-23(19,21-4-2)17-12-16(18-22-17)15-10-9-13-7-5-6-8-14(13)11-15/h5-11,17H,3-4,12H2,1-2H3. The first-order valence-corrected chi connectivity index (χ1v) is 9.38. The Bertz CT molecular complexity index is 764. The third kappa shape index (κ3) is 3.32. The van der Waals surface area contributed by atoms with Gasteiger partial charge >= 0.3 is 7.60 Å². The van der Waals surface area contributed by atoms with Crippen molar-refractivity contribution >= 4 is 24.1 Å². The van der Waals surface area contributed by atoms with Crippen LogP contribution in [0.1, 0.15) is 25.8 Å². The molecule has 122 valence electrons. The summed E-state index contributed by atoms with van der Waals surface area (Å²) in [6, 6.07) is 14.2. The lowest BCUT2D eigenvalue weighted by molar-refractivity contribution is 0.0959. The van der Waals surface area contributed by atoms with Gasteiger partial charge in [0.15, 0.2) is 0 Å². The number of rotatable bonds is 6. The van der Waals surface area contributed by atoms with Crippen molar-refractivity contribution in [2.75, 3.05) is 13.2 Å². The van der Waals surface area contributed by atoms with Crippen LogP contribution in [-0.4, -0.2) is 24.8 Å². The van der Waals surface area contributed by atoms with E-state index in [2.05, 4.69) is 23.4 Å². The number of fused-ring (bicyclic) bond motifs is 1. The highest BCUT2D eigenvalue weighted by molar-refractivity contribution is 7.54. The maximum absolute atomic E-state index is 12.8. The molecule has 0 bridgehead atoms.